The second-order valence-corrected chi connectivity index (χ2v) is 26.1. The van der Waals surface area contributed by atoms with Crippen LogP contribution in [0.5, 0.6) is 0 Å². The van der Waals surface area contributed by atoms with Gasteiger partial charge in [0.05, 0.1) is 16.8 Å². The lowest BCUT2D eigenvalue weighted by Crippen LogP contribution is -2.65. The molecule has 0 spiro atoms. The van der Waals surface area contributed by atoms with E-state index in [0.29, 0.717) is 0 Å². The lowest BCUT2D eigenvalue weighted by molar-refractivity contribution is 0.195. The summed E-state index contributed by atoms with van der Waals surface area (Å²) in [6.07, 6.45) is 9.44. The molecule has 4 heteroatoms. The van der Waals surface area contributed by atoms with E-state index in [-0.39, 0.29) is 39.5 Å². The Hall–Kier alpha value is -6.78. The molecule has 8 aromatic carbocycles. The Bertz CT molecular complexity index is 3610. The number of para-hydroxylation sites is 1. The van der Waals surface area contributed by atoms with Crippen LogP contribution in [0.4, 0.5) is 39.8 Å². The van der Waals surface area contributed by atoms with Crippen LogP contribution in [0.3, 0.4) is 0 Å². The molecule has 0 radical (unpaired) electrons. The van der Waals surface area contributed by atoms with Crippen molar-refractivity contribution in [2.45, 2.75) is 146 Å². The third kappa shape index (κ3) is 6.35. The van der Waals surface area contributed by atoms with Crippen LogP contribution in [0.2, 0.25) is 0 Å². The first-order valence-corrected chi connectivity index (χ1v) is 28.4. The molecule has 374 valence electrons. The Kier molecular flexibility index (Phi) is 10.0. The van der Waals surface area contributed by atoms with Crippen LogP contribution in [-0.2, 0) is 21.7 Å². The fourth-order valence-electron chi connectivity index (χ4n) is 16.1. The summed E-state index contributed by atoms with van der Waals surface area (Å²) in [4.78, 5) is 8.55. The quantitative estimate of drug-likeness (QED) is 0.159. The number of rotatable bonds is 5. The van der Waals surface area contributed by atoms with Gasteiger partial charge in [-0.25, -0.2) is 0 Å². The van der Waals surface area contributed by atoms with Crippen LogP contribution < -0.4 is 31.1 Å². The number of benzene rings is 8. The van der Waals surface area contributed by atoms with Gasteiger partial charge in [0.25, 0.3) is 6.71 Å². The van der Waals surface area contributed by atoms with E-state index in [0.717, 1.165) is 19.3 Å². The van der Waals surface area contributed by atoms with Crippen LogP contribution in [0, 0.1) is 0 Å². The maximum absolute atomic E-state index is 2.96. The van der Waals surface area contributed by atoms with Crippen molar-refractivity contribution in [2.75, 3.05) is 14.7 Å². The van der Waals surface area contributed by atoms with E-state index < -0.39 is 0 Å². The van der Waals surface area contributed by atoms with Crippen molar-refractivity contribution < 1.29 is 0 Å². The highest BCUT2D eigenvalue weighted by atomic mass is 15.3. The molecule has 3 nitrogen and oxygen atoms in total. The van der Waals surface area contributed by atoms with Crippen LogP contribution in [0.25, 0.3) is 22.3 Å². The summed E-state index contributed by atoms with van der Waals surface area (Å²) in [5.41, 5.74) is 25.2. The molecule has 0 amide bonds. The molecule has 6 aliphatic rings. The van der Waals surface area contributed by atoms with Crippen molar-refractivity contribution in [3.63, 3.8) is 0 Å². The molecule has 4 heterocycles. The van der Waals surface area contributed by atoms with Gasteiger partial charge in [-0.05, 0) is 154 Å². The summed E-state index contributed by atoms with van der Waals surface area (Å²) in [6, 6.07) is 69.2. The normalized spacial score (nSPS) is 24.0. The van der Waals surface area contributed by atoms with Crippen LogP contribution >= 0.6 is 0 Å². The highest BCUT2D eigenvalue weighted by Crippen LogP contribution is 2.66. The number of fused-ring (bicyclic) bond motifs is 10. The summed E-state index contributed by atoms with van der Waals surface area (Å²) < 4.78 is 0. The Morgan fingerprint density at radius 3 is 1.73 bits per heavy atom. The Morgan fingerprint density at radius 1 is 0.427 bits per heavy atom. The van der Waals surface area contributed by atoms with Gasteiger partial charge in [-0.1, -0.05) is 208 Å². The SMILES string of the molecule is CC(C)(C)c1ccc2c(c1)B1c3cccc4c3N(c3cc(N5c6ccc(-c7ccccc7)cc6C6(C)CCCCC56C)cc(c31)N2c1ccc(C(C)(C)C)cc1-c1ccccc1)C1(C)CCCCC41c1ccccc1. The summed E-state index contributed by atoms with van der Waals surface area (Å²) in [5.74, 6) is 0. The molecule has 4 atom stereocenters. The first kappa shape index (κ1) is 46.7. The third-order valence-electron chi connectivity index (χ3n) is 20.2. The molecular weight excluding hydrogens is 906 g/mol. The van der Waals surface area contributed by atoms with Crippen LogP contribution in [0.15, 0.2) is 176 Å². The number of nitrogens with zero attached hydrogens (tertiary/aromatic N) is 3. The maximum atomic E-state index is 2.96. The largest absolute Gasteiger partial charge is 0.335 e. The second-order valence-electron chi connectivity index (χ2n) is 26.1. The third-order valence-corrected chi connectivity index (χ3v) is 20.2. The van der Waals surface area contributed by atoms with Crippen molar-refractivity contribution in [2.24, 2.45) is 0 Å². The highest BCUT2D eigenvalue weighted by molar-refractivity contribution is 7.00. The molecule has 75 heavy (non-hydrogen) atoms. The van der Waals surface area contributed by atoms with Crippen molar-refractivity contribution in [3.05, 3.63) is 204 Å². The monoisotopic (exact) mass is 978 g/mol. The molecule has 2 saturated carbocycles. The first-order chi connectivity index (χ1) is 36.1. The Morgan fingerprint density at radius 2 is 1.03 bits per heavy atom. The average Bonchev–Trinajstić information content (AvgIpc) is 3.99. The van der Waals surface area contributed by atoms with Crippen molar-refractivity contribution in [1.82, 2.24) is 0 Å². The summed E-state index contributed by atoms with van der Waals surface area (Å²) >= 11 is 0. The Labute approximate surface area is 447 Å². The van der Waals surface area contributed by atoms with E-state index in [1.807, 2.05) is 0 Å². The van der Waals surface area contributed by atoms with Gasteiger partial charge in [-0.15, -0.1) is 0 Å². The zero-order valence-corrected chi connectivity index (χ0v) is 45.8. The predicted octanol–water partition coefficient (Wildman–Crippen LogP) is 16.7. The number of anilines is 7. The van der Waals surface area contributed by atoms with Crippen molar-refractivity contribution >= 4 is 62.9 Å². The number of hydrogen-bond donors (Lipinski definition) is 0. The molecule has 0 N–H and O–H groups in total. The summed E-state index contributed by atoms with van der Waals surface area (Å²) in [7, 11) is 0. The molecule has 0 saturated heterocycles. The minimum atomic E-state index is -0.221. The number of hydrogen-bond acceptors (Lipinski definition) is 3. The zero-order valence-electron chi connectivity index (χ0n) is 45.8. The van der Waals surface area contributed by atoms with Gasteiger partial charge in [-0.2, -0.15) is 0 Å². The average molecular weight is 978 g/mol. The summed E-state index contributed by atoms with van der Waals surface area (Å²) in [5, 5.41) is 0. The molecule has 0 aromatic heterocycles. The van der Waals surface area contributed by atoms with Gasteiger partial charge in [0.1, 0.15) is 0 Å². The summed E-state index contributed by atoms with van der Waals surface area (Å²) in [6.45, 7) is 22.1. The first-order valence-electron chi connectivity index (χ1n) is 28.4. The van der Waals surface area contributed by atoms with E-state index in [2.05, 4.69) is 253 Å². The molecular formula is C71H72BN3. The van der Waals surface area contributed by atoms with Crippen LogP contribution in [0.1, 0.15) is 141 Å². The van der Waals surface area contributed by atoms with E-state index >= 15 is 0 Å². The van der Waals surface area contributed by atoms with Gasteiger partial charge in [0, 0.05) is 50.5 Å². The maximum Gasteiger partial charge on any atom is 0.252 e. The van der Waals surface area contributed by atoms with Crippen LogP contribution in [-0.4, -0.2) is 17.8 Å². The topological polar surface area (TPSA) is 9.72 Å². The minimum Gasteiger partial charge on any atom is -0.335 e. The fourth-order valence-corrected chi connectivity index (χ4v) is 16.1. The van der Waals surface area contributed by atoms with E-state index in [1.54, 1.807) is 0 Å². The molecule has 2 aliphatic carbocycles. The molecule has 4 unspecified atom stereocenters. The molecule has 14 rings (SSSR count). The molecule has 4 aliphatic heterocycles. The van der Waals surface area contributed by atoms with E-state index in [9.17, 15) is 0 Å². The van der Waals surface area contributed by atoms with Gasteiger partial charge in [0.2, 0.25) is 0 Å². The standard InChI is InChI=1S/C71H72BN3/c1-66(2,3)51-33-36-59(54(43-51)48-26-15-11-16-27-48)73-61-37-34-52(67(4,5)6)44-58(61)72-57-31-23-30-55-65(57)75(70(9)40-21-22-41-71(55,70)50-28-17-12-18-29-50)63-46-53(45-62(73)64(63)72)74-60-35-32-49(47-24-13-10-14-25-47)42-56(60)68(7)38-19-20-39-69(68,74)8/h10-18,23-37,42-46H,19-22,38-41H2,1-9H3. The van der Waals surface area contributed by atoms with Crippen molar-refractivity contribution in [1.29, 1.82) is 0 Å². The minimum absolute atomic E-state index is 0.0306. The smallest absolute Gasteiger partial charge is 0.252 e. The Balaban J connectivity index is 1.12. The lowest BCUT2D eigenvalue weighted by atomic mass is 9.33. The van der Waals surface area contributed by atoms with Gasteiger partial charge >= 0.3 is 0 Å². The predicted molar refractivity (Wildman–Crippen MR) is 320 cm³/mol. The molecule has 0 bridgehead atoms. The van der Waals surface area contributed by atoms with Gasteiger partial charge in [-0.3, -0.25) is 0 Å². The van der Waals surface area contributed by atoms with Crippen molar-refractivity contribution in [3.8, 4) is 22.3 Å². The molecule has 8 aromatic rings. The fraction of sp³-hybridized carbons (Fsp3) is 0.324. The van der Waals surface area contributed by atoms with Gasteiger partial charge in [0.15, 0.2) is 0 Å². The zero-order chi connectivity index (χ0) is 51.4. The van der Waals surface area contributed by atoms with E-state index in [4.69, 9.17) is 0 Å². The second kappa shape index (κ2) is 16.1. The van der Waals surface area contributed by atoms with Gasteiger partial charge < -0.3 is 14.7 Å². The van der Waals surface area contributed by atoms with E-state index in [1.165, 1.54) is 138 Å². The lowest BCUT2D eigenvalue weighted by Gasteiger charge is -2.54. The highest BCUT2D eigenvalue weighted by Gasteiger charge is 2.65. The molecule has 2 fully saturated rings.